The molecule has 1 heterocycles. The van der Waals surface area contributed by atoms with E-state index >= 15 is 0 Å². The van der Waals surface area contributed by atoms with Crippen LogP contribution < -0.4 is 0 Å². The van der Waals surface area contributed by atoms with Gasteiger partial charge in [-0.25, -0.2) is 0 Å². The van der Waals surface area contributed by atoms with E-state index in [1.807, 2.05) is 13.8 Å². The fraction of sp³-hybridized carbons (Fsp3) is 0.824. The molecule has 0 aromatic carbocycles. The Kier molecular flexibility index (Phi) is 3.45. The molecule has 0 aromatic heterocycles. The summed E-state index contributed by atoms with van der Waals surface area (Å²) in [5, 5.41) is 11.0. The van der Waals surface area contributed by atoms with Gasteiger partial charge in [-0.3, -0.25) is 4.79 Å². The lowest BCUT2D eigenvalue weighted by Crippen LogP contribution is -2.57. The van der Waals surface area contributed by atoms with Crippen molar-refractivity contribution in [3.05, 3.63) is 11.1 Å². The van der Waals surface area contributed by atoms with E-state index in [4.69, 9.17) is 9.47 Å². The lowest BCUT2D eigenvalue weighted by molar-refractivity contribution is -0.143. The Labute approximate surface area is 126 Å². The Bertz CT molecular complexity index is 493. The molecule has 4 heteroatoms. The van der Waals surface area contributed by atoms with E-state index < -0.39 is 5.60 Å². The molecule has 0 radical (unpaired) electrons. The molecule has 1 saturated heterocycles. The maximum absolute atomic E-state index is 11.2. The SMILES string of the molecule is CC(=O)OCC1=C(C)C(C)(O)C(C)C2CCC3COC12C3. The minimum atomic E-state index is -0.857. The molecule has 5 atom stereocenters. The second kappa shape index (κ2) is 4.82. The number of esters is 1. The Morgan fingerprint density at radius 1 is 1.48 bits per heavy atom. The van der Waals surface area contributed by atoms with Crippen LogP contribution in [0.5, 0.6) is 0 Å². The first-order chi connectivity index (χ1) is 9.79. The molecule has 3 aliphatic rings. The van der Waals surface area contributed by atoms with Gasteiger partial charge in [0, 0.05) is 12.5 Å². The Balaban J connectivity index is 2.06. The lowest BCUT2D eigenvalue weighted by atomic mass is 9.56. The Morgan fingerprint density at radius 2 is 2.19 bits per heavy atom. The number of hydrogen-bond acceptors (Lipinski definition) is 4. The molecular weight excluding hydrogens is 268 g/mol. The molecule has 21 heavy (non-hydrogen) atoms. The van der Waals surface area contributed by atoms with Crippen LogP contribution in [0, 0.1) is 17.8 Å². The average molecular weight is 294 g/mol. The van der Waals surface area contributed by atoms with Crippen LogP contribution in [0.2, 0.25) is 0 Å². The van der Waals surface area contributed by atoms with E-state index in [0.29, 0.717) is 11.8 Å². The van der Waals surface area contributed by atoms with E-state index in [1.165, 1.54) is 13.3 Å². The number of ether oxygens (including phenoxy) is 2. The van der Waals surface area contributed by atoms with Crippen molar-refractivity contribution in [2.24, 2.45) is 17.8 Å². The highest BCUT2D eigenvalue weighted by atomic mass is 16.5. The van der Waals surface area contributed by atoms with Crippen LogP contribution >= 0.6 is 0 Å². The van der Waals surface area contributed by atoms with E-state index in [9.17, 15) is 9.90 Å². The highest BCUT2D eigenvalue weighted by Crippen LogP contribution is 2.58. The van der Waals surface area contributed by atoms with Gasteiger partial charge in [0.05, 0.1) is 17.8 Å². The minimum absolute atomic E-state index is 0.151. The number of carbonyl (C=O) groups excluding carboxylic acids is 1. The van der Waals surface area contributed by atoms with Gasteiger partial charge in [0.25, 0.3) is 0 Å². The van der Waals surface area contributed by atoms with Crippen molar-refractivity contribution >= 4 is 5.97 Å². The summed E-state index contributed by atoms with van der Waals surface area (Å²) >= 11 is 0. The van der Waals surface area contributed by atoms with E-state index in [0.717, 1.165) is 30.6 Å². The molecule has 1 aliphatic heterocycles. The number of aliphatic hydroxyl groups is 1. The predicted molar refractivity (Wildman–Crippen MR) is 78.6 cm³/mol. The zero-order valence-corrected chi connectivity index (χ0v) is 13.4. The number of rotatable bonds is 2. The monoisotopic (exact) mass is 294 g/mol. The third-order valence-electron chi connectivity index (χ3n) is 6.29. The molecule has 1 spiro atoms. The maximum Gasteiger partial charge on any atom is 0.302 e. The molecule has 2 fully saturated rings. The first-order valence-corrected chi connectivity index (χ1v) is 7.99. The average Bonchev–Trinajstić information content (AvgIpc) is 2.75. The Hall–Kier alpha value is -0.870. The van der Waals surface area contributed by atoms with Gasteiger partial charge in [-0.05, 0) is 56.4 Å². The number of hydrogen-bond donors (Lipinski definition) is 1. The molecule has 2 bridgehead atoms. The van der Waals surface area contributed by atoms with Gasteiger partial charge < -0.3 is 14.6 Å². The first-order valence-electron chi connectivity index (χ1n) is 7.99. The molecule has 1 N–H and O–H groups in total. The van der Waals surface area contributed by atoms with Gasteiger partial charge in [0.2, 0.25) is 0 Å². The molecule has 5 unspecified atom stereocenters. The van der Waals surface area contributed by atoms with E-state index in [1.54, 1.807) is 0 Å². The first kappa shape index (κ1) is 15.0. The van der Waals surface area contributed by atoms with Crippen LogP contribution in [-0.4, -0.2) is 35.5 Å². The van der Waals surface area contributed by atoms with Crippen LogP contribution in [0.3, 0.4) is 0 Å². The van der Waals surface area contributed by atoms with Gasteiger partial charge >= 0.3 is 5.97 Å². The van der Waals surface area contributed by atoms with Crippen molar-refractivity contribution < 1.29 is 19.4 Å². The van der Waals surface area contributed by atoms with E-state index in [2.05, 4.69) is 6.92 Å². The molecule has 1 saturated carbocycles. The molecule has 4 nitrogen and oxygen atoms in total. The van der Waals surface area contributed by atoms with Crippen molar-refractivity contribution in [2.45, 2.75) is 58.2 Å². The van der Waals surface area contributed by atoms with Crippen LogP contribution in [-0.2, 0) is 14.3 Å². The van der Waals surface area contributed by atoms with Crippen molar-refractivity contribution in [1.29, 1.82) is 0 Å². The van der Waals surface area contributed by atoms with Crippen molar-refractivity contribution in [3.8, 4) is 0 Å². The number of carbonyl (C=O) groups is 1. The maximum atomic E-state index is 11.2. The smallest absolute Gasteiger partial charge is 0.302 e. The summed E-state index contributed by atoms with van der Waals surface area (Å²) in [7, 11) is 0. The lowest BCUT2D eigenvalue weighted by Gasteiger charge is -2.53. The predicted octanol–water partition coefficient (Wildman–Crippen LogP) is 2.45. The van der Waals surface area contributed by atoms with Crippen LogP contribution in [0.25, 0.3) is 0 Å². The van der Waals surface area contributed by atoms with Crippen LogP contribution in [0.15, 0.2) is 11.1 Å². The summed E-state index contributed by atoms with van der Waals surface area (Å²) in [5.41, 5.74) is 0.761. The molecule has 118 valence electrons. The highest BCUT2D eigenvalue weighted by Gasteiger charge is 2.60. The summed E-state index contributed by atoms with van der Waals surface area (Å²) in [6, 6.07) is 0. The molecular formula is C17H26O4. The zero-order valence-electron chi connectivity index (χ0n) is 13.4. The second-order valence-corrected chi connectivity index (χ2v) is 7.27. The Morgan fingerprint density at radius 3 is 2.86 bits per heavy atom. The second-order valence-electron chi connectivity index (χ2n) is 7.27. The quantitative estimate of drug-likeness (QED) is 0.628. The summed E-state index contributed by atoms with van der Waals surface area (Å²) < 4.78 is 11.6. The summed E-state index contributed by atoms with van der Waals surface area (Å²) in [6.07, 6.45) is 3.26. The fourth-order valence-corrected chi connectivity index (χ4v) is 4.75. The van der Waals surface area contributed by atoms with Crippen molar-refractivity contribution in [2.75, 3.05) is 13.2 Å². The molecule has 3 rings (SSSR count). The van der Waals surface area contributed by atoms with Gasteiger partial charge in [-0.1, -0.05) is 6.92 Å². The van der Waals surface area contributed by atoms with E-state index in [-0.39, 0.29) is 24.1 Å². The summed E-state index contributed by atoms with van der Waals surface area (Å²) in [4.78, 5) is 11.2. The van der Waals surface area contributed by atoms with Crippen molar-refractivity contribution in [1.82, 2.24) is 0 Å². The third-order valence-corrected chi connectivity index (χ3v) is 6.29. The highest BCUT2D eigenvalue weighted by molar-refractivity contribution is 5.66. The van der Waals surface area contributed by atoms with Crippen molar-refractivity contribution in [3.63, 3.8) is 0 Å². The molecule has 0 aromatic rings. The van der Waals surface area contributed by atoms with Gasteiger partial charge in [0.15, 0.2) is 0 Å². The standard InChI is InChI=1S/C17H26O4/c1-10-14-6-5-13-7-17(14,21-8-13)15(9-20-12(3)18)11(2)16(10,4)19/h10,13-14,19H,5-9H2,1-4H3. The topological polar surface area (TPSA) is 55.8 Å². The summed E-state index contributed by atoms with van der Waals surface area (Å²) in [5.74, 6) is 0.779. The summed E-state index contributed by atoms with van der Waals surface area (Å²) in [6.45, 7) is 8.43. The zero-order chi connectivity index (χ0) is 15.4. The third kappa shape index (κ3) is 2.07. The van der Waals surface area contributed by atoms with Crippen LogP contribution in [0.4, 0.5) is 0 Å². The fourth-order valence-electron chi connectivity index (χ4n) is 4.75. The molecule has 0 amide bonds. The van der Waals surface area contributed by atoms with Crippen LogP contribution in [0.1, 0.15) is 47.0 Å². The molecule has 2 aliphatic carbocycles. The number of fused-ring (bicyclic) bond motifs is 1. The van der Waals surface area contributed by atoms with Gasteiger partial charge in [0.1, 0.15) is 6.61 Å². The van der Waals surface area contributed by atoms with Gasteiger partial charge in [-0.15, -0.1) is 0 Å². The normalized spacial score (nSPS) is 45.5. The van der Waals surface area contributed by atoms with Gasteiger partial charge in [-0.2, -0.15) is 0 Å². The largest absolute Gasteiger partial charge is 0.461 e. The minimum Gasteiger partial charge on any atom is -0.461 e.